The van der Waals surface area contributed by atoms with E-state index in [1.165, 1.54) is 0 Å². The highest BCUT2D eigenvalue weighted by Crippen LogP contribution is 2.27. The Kier molecular flexibility index (Phi) is 3.07. The van der Waals surface area contributed by atoms with E-state index in [1.54, 1.807) is 16.8 Å². The second-order valence-electron chi connectivity index (χ2n) is 4.30. The monoisotopic (exact) mass is 250 g/mol. The third-order valence-corrected chi connectivity index (χ3v) is 2.79. The van der Waals surface area contributed by atoms with Gasteiger partial charge in [0.1, 0.15) is 0 Å². The van der Waals surface area contributed by atoms with Gasteiger partial charge in [-0.05, 0) is 18.2 Å². The van der Waals surface area contributed by atoms with Crippen molar-refractivity contribution in [1.29, 1.82) is 0 Å². The summed E-state index contributed by atoms with van der Waals surface area (Å²) in [6, 6.07) is 5.39. The molecule has 0 aliphatic carbocycles. The molecule has 90 valence electrons. The quantitative estimate of drug-likeness (QED) is 0.834. The molecule has 2 rings (SSSR count). The summed E-state index contributed by atoms with van der Waals surface area (Å²) in [6.45, 7) is 4.12. The Labute approximate surface area is 105 Å². The van der Waals surface area contributed by atoms with Gasteiger partial charge >= 0.3 is 0 Å². The van der Waals surface area contributed by atoms with Gasteiger partial charge in [-0.2, -0.15) is 5.10 Å². The van der Waals surface area contributed by atoms with Crippen LogP contribution < -0.4 is 5.73 Å². The summed E-state index contributed by atoms with van der Waals surface area (Å²) in [4.78, 5) is 4.50. The lowest BCUT2D eigenvalue weighted by Gasteiger charge is -2.04. The van der Waals surface area contributed by atoms with Gasteiger partial charge in [-0.25, -0.2) is 9.67 Å². The van der Waals surface area contributed by atoms with Gasteiger partial charge in [-0.15, -0.1) is 0 Å². The molecule has 0 saturated heterocycles. The van der Waals surface area contributed by atoms with E-state index in [0.717, 1.165) is 17.2 Å². The Morgan fingerprint density at radius 3 is 2.59 bits per heavy atom. The Bertz CT molecular complexity index is 545. The fourth-order valence-corrected chi connectivity index (χ4v) is 1.80. The zero-order valence-electron chi connectivity index (χ0n) is 10.1. The molecule has 17 heavy (non-hydrogen) atoms. The number of nitrogen functional groups attached to an aromatic ring is 1. The van der Waals surface area contributed by atoms with Crippen molar-refractivity contribution in [2.45, 2.75) is 19.8 Å². The average Bonchev–Trinajstić information content (AvgIpc) is 2.61. The third-order valence-electron chi connectivity index (χ3n) is 2.55. The largest absolute Gasteiger partial charge is 0.398 e. The second-order valence-corrected chi connectivity index (χ2v) is 4.74. The predicted octanol–water partition coefficient (Wildman–Crippen LogP) is 2.84. The van der Waals surface area contributed by atoms with Crippen molar-refractivity contribution in [2.24, 2.45) is 7.05 Å². The minimum Gasteiger partial charge on any atom is -0.398 e. The van der Waals surface area contributed by atoms with Crippen LogP contribution in [0.1, 0.15) is 25.6 Å². The maximum Gasteiger partial charge on any atom is 0.160 e. The molecule has 1 aromatic heterocycles. The van der Waals surface area contributed by atoms with Crippen LogP contribution in [0.3, 0.4) is 0 Å². The Hall–Kier alpha value is -1.55. The van der Waals surface area contributed by atoms with Crippen molar-refractivity contribution in [1.82, 2.24) is 14.8 Å². The van der Waals surface area contributed by atoms with Gasteiger partial charge in [0.25, 0.3) is 0 Å². The maximum absolute atomic E-state index is 5.94. The minimum absolute atomic E-state index is 0.295. The number of nitrogens with zero attached hydrogens (tertiary/aromatic N) is 3. The van der Waals surface area contributed by atoms with Gasteiger partial charge in [-0.3, -0.25) is 0 Å². The van der Waals surface area contributed by atoms with Crippen LogP contribution in [0.4, 0.5) is 5.69 Å². The Morgan fingerprint density at radius 1 is 1.35 bits per heavy atom. The standard InChI is InChI=1S/C12H15ClN4/c1-7(2)11-15-12(17(3)16-11)9-5-4-8(13)6-10(9)14/h4-7H,14H2,1-3H3. The average molecular weight is 251 g/mol. The fourth-order valence-electron chi connectivity index (χ4n) is 1.62. The van der Waals surface area contributed by atoms with Crippen LogP contribution in [0.5, 0.6) is 0 Å². The number of aryl methyl sites for hydroxylation is 1. The van der Waals surface area contributed by atoms with E-state index in [0.29, 0.717) is 16.6 Å². The normalized spacial score (nSPS) is 11.1. The molecule has 0 atom stereocenters. The van der Waals surface area contributed by atoms with Crippen LogP contribution in [0.2, 0.25) is 5.02 Å². The number of halogens is 1. The molecule has 2 aromatic rings. The van der Waals surface area contributed by atoms with Crippen LogP contribution in [-0.2, 0) is 7.05 Å². The Balaban J connectivity index is 2.52. The zero-order valence-corrected chi connectivity index (χ0v) is 10.9. The molecule has 5 heteroatoms. The van der Waals surface area contributed by atoms with E-state index in [1.807, 2.05) is 13.1 Å². The molecule has 0 radical (unpaired) electrons. The predicted molar refractivity (Wildman–Crippen MR) is 70.0 cm³/mol. The Morgan fingerprint density at radius 2 is 2.06 bits per heavy atom. The highest BCUT2D eigenvalue weighted by Gasteiger charge is 2.14. The van der Waals surface area contributed by atoms with Crippen molar-refractivity contribution in [3.05, 3.63) is 29.0 Å². The van der Waals surface area contributed by atoms with E-state index < -0.39 is 0 Å². The topological polar surface area (TPSA) is 56.7 Å². The molecule has 0 bridgehead atoms. The molecule has 2 N–H and O–H groups in total. The summed E-state index contributed by atoms with van der Waals surface area (Å²) in [6.07, 6.45) is 0. The van der Waals surface area contributed by atoms with Gasteiger partial charge in [0.15, 0.2) is 11.6 Å². The summed E-state index contributed by atoms with van der Waals surface area (Å²) in [5.41, 5.74) is 7.41. The van der Waals surface area contributed by atoms with E-state index >= 15 is 0 Å². The van der Waals surface area contributed by atoms with Crippen LogP contribution in [-0.4, -0.2) is 14.8 Å². The molecule has 1 aromatic carbocycles. The number of nitrogens with two attached hydrogens (primary N) is 1. The first-order chi connectivity index (χ1) is 7.99. The molecule has 0 amide bonds. The van der Waals surface area contributed by atoms with Gasteiger partial charge in [-0.1, -0.05) is 25.4 Å². The van der Waals surface area contributed by atoms with Gasteiger partial charge in [0, 0.05) is 29.2 Å². The number of aromatic nitrogens is 3. The number of benzene rings is 1. The number of hydrogen-bond acceptors (Lipinski definition) is 3. The van der Waals surface area contributed by atoms with E-state index in [2.05, 4.69) is 23.9 Å². The minimum atomic E-state index is 0.295. The van der Waals surface area contributed by atoms with E-state index in [4.69, 9.17) is 17.3 Å². The van der Waals surface area contributed by atoms with Crippen molar-refractivity contribution in [2.75, 3.05) is 5.73 Å². The molecule has 0 unspecified atom stereocenters. The van der Waals surface area contributed by atoms with Crippen LogP contribution >= 0.6 is 11.6 Å². The second kappa shape index (κ2) is 4.37. The summed E-state index contributed by atoms with van der Waals surface area (Å²) in [5.74, 6) is 1.88. The van der Waals surface area contributed by atoms with Crippen molar-refractivity contribution in [3.63, 3.8) is 0 Å². The highest BCUT2D eigenvalue weighted by atomic mass is 35.5. The highest BCUT2D eigenvalue weighted by molar-refractivity contribution is 6.31. The van der Waals surface area contributed by atoms with Crippen LogP contribution in [0.25, 0.3) is 11.4 Å². The lowest BCUT2D eigenvalue weighted by atomic mass is 10.1. The van der Waals surface area contributed by atoms with Gasteiger partial charge < -0.3 is 5.73 Å². The lowest BCUT2D eigenvalue weighted by molar-refractivity contribution is 0.712. The summed E-state index contributed by atoms with van der Waals surface area (Å²) in [5, 5.41) is 4.99. The zero-order chi connectivity index (χ0) is 12.6. The number of rotatable bonds is 2. The molecular weight excluding hydrogens is 236 g/mol. The fraction of sp³-hybridized carbons (Fsp3) is 0.333. The number of anilines is 1. The number of hydrogen-bond donors (Lipinski definition) is 1. The van der Waals surface area contributed by atoms with Crippen LogP contribution in [0, 0.1) is 0 Å². The van der Waals surface area contributed by atoms with Gasteiger partial charge in [0.05, 0.1) is 0 Å². The molecule has 0 saturated carbocycles. The first-order valence-electron chi connectivity index (χ1n) is 5.45. The molecular formula is C12H15ClN4. The lowest BCUT2D eigenvalue weighted by Crippen LogP contribution is -1.98. The van der Waals surface area contributed by atoms with Crippen molar-refractivity contribution >= 4 is 17.3 Å². The molecule has 4 nitrogen and oxygen atoms in total. The molecule has 1 heterocycles. The van der Waals surface area contributed by atoms with E-state index in [-0.39, 0.29) is 0 Å². The summed E-state index contributed by atoms with van der Waals surface area (Å²) < 4.78 is 1.74. The van der Waals surface area contributed by atoms with Crippen molar-refractivity contribution in [3.8, 4) is 11.4 Å². The summed E-state index contributed by atoms with van der Waals surface area (Å²) >= 11 is 5.88. The van der Waals surface area contributed by atoms with E-state index in [9.17, 15) is 0 Å². The molecule has 0 aliphatic heterocycles. The third kappa shape index (κ3) is 2.26. The van der Waals surface area contributed by atoms with Crippen molar-refractivity contribution < 1.29 is 0 Å². The van der Waals surface area contributed by atoms with Gasteiger partial charge in [0.2, 0.25) is 0 Å². The molecule has 0 spiro atoms. The van der Waals surface area contributed by atoms with Crippen LogP contribution in [0.15, 0.2) is 18.2 Å². The maximum atomic E-state index is 5.94. The smallest absolute Gasteiger partial charge is 0.160 e. The summed E-state index contributed by atoms with van der Waals surface area (Å²) in [7, 11) is 1.86. The molecule has 0 fully saturated rings. The first kappa shape index (κ1) is 11.9. The molecule has 0 aliphatic rings. The first-order valence-corrected chi connectivity index (χ1v) is 5.83. The SMILES string of the molecule is CC(C)c1nc(-c2ccc(Cl)cc2N)n(C)n1.